The Morgan fingerprint density at radius 3 is 2.86 bits per heavy atom. The molecule has 1 heterocycles. The Kier molecular flexibility index (Phi) is 7.06. The van der Waals surface area contributed by atoms with E-state index in [4.69, 9.17) is 4.74 Å². The fraction of sp³-hybridized carbons (Fsp3) is 0.588. The third-order valence-electron chi connectivity index (χ3n) is 4.01. The van der Waals surface area contributed by atoms with Crippen molar-refractivity contribution in [2.45, 2.75) is 24.2 Å². The average Bonchev–Trinajstić information content (AvgIpc) is 2.56. The number of amides is 1. The summed E-state index contributed by atoms with van der Waals surface area (Å²) in [5.74, 6) is 2.60. The summed E-state index contributed by atoms with van der Waals surface area (Å²) in [6, 6.07) is 7.99. The van der Waals surface area contributed by atoms with Gasteiger partial charge in [-0.25, -0.2) is 0 Å². The normalized spacial score (nSPS) is 18.3. The molecule has 0 spiro atoms. The third-order valence-corrected chi connectivity index (χ3v) is 5.02. The zero-order chi connectivity index (χ0) is 15.8. The number of hydrogen-bond donors (Lipinski definition) is 1. The van der Waals surface area contributed by atoms with Gasteiger partial charge in [0.2, 0.25) is 5.91 Å². The summed E-state index contributed by atoms with van der Waals surface area (Å²) in [5.41, 5.74) is 0. The molecule has 1 atom stereocenters. The Morgan fingerprint density at radius 2 is 2.18 bits per heavy atom. The van der Waals surface area contributed by atoms with E-state index in [0.29, 0.717) is 18.2 Å². The smallest absolute Gasteiger partial charge is 0.223 e. The van der Waals surface area contributed by atoms with Crippen LogP contribution in [0.1, 0.15) is 19.3 Å². The minimum atomic E-state index is 0.293. The maximum atomic E-state index is 12.3. The van der Waals surface area contributed by atoms with Gasteiger partial charge in [0.1, 0.15) is 5.75 Å². The van der Waals surface area contributed by atoms with Gasteiger partial charge in [0.05, 0.1) is 7.11 Å². The van der Waals surface area contributed by atoms with Gasteiger partial charge < -0.3 is 15.0 Å². The van der Waals surface area contributed by atoms with Crippen molar-refractivity contribution in [3.05, 3.63) is 24.3 Å². The van der Waals surface area contributed by atoms with Gasteiger partial charge in [-0.2, -0.15) is 0 Å². The lowest BCUT2D eigenvalue weighted by Crippen LogP contribution is -2.42. The molecule has 1 saturated heterocycles. The van der Waals surface area contributed by atoms with Gasteiger partial charge in [0, 0.05) is 30.2 Å². The van der Waals surface area contributed by atoms with Gasteiger partial charge in [-0.1, -0.05) is 0 Å². The van der Waals surface area contributed by atoms with E-state index in [1.807, 2.05) is 36.2 Å². The van der Waals surface area contributed by atoms with Crippen LogP contribution in [0.3, 0.4) is 0 Å². The minimum absolute atomic E-state index is 0.293. The topological polar surface area (TPSA) is 41.6 Å². The van der Waals surface area contributed by atoms with Crippen LogP contribution in [-0.2, 0) is 4.79 Å². The van der Waals surface area contributed by atoms with Crippen molar-refractivity contribution in [1.29, 1.82) is 0 Å². The summed E-state index contributed by atoms with van der Waals surface area (Å²) in [6.45, 7) is 2.84. The maximum Gasteiger partial charge on any atom is 0.223 e. The number of likely N-dealkylation sites (tertiary alicyclic amines) is 1. The lowest BCUT2D eigenvalue weighted by atomic mass is 9.98. The number of piperidine rings is 1. The standard InChI is InChI=1S/C17H26N2O2S/c1-18-12-14-4-3-10-19(13-14)17(20)9-11-22-16-7-5-15(21-2)6-8-16/h5-8,14,18H,3-4,9-13H2,1-2H3. The Morgan fingerprint density at radius 1 is 1.41 bits per heavy atom. The highest BCUT2D eigenvalue weighted by Crippen LogP contribution is 2.23. The van der Waals surface area contributed by atoms with Crippen LogP contribution < -0.4 is 10.1 Å². The predicted molar refractivity (Wildman–Crippen MR) is 91.6 cm³/mol. The first kappa shape index (κ1) is 17.2. The Hall–Kier alpha value is -1.20. The first-order valence-corrected chi connectivity index (χ1v) is 8.90. The number of methoxy groups -OCH3 is 1. The van der Waals surface area contributed by atoms with Crippen LogP contribution in [0.15, 0.2) is 29.2 Å². The van der Waals surface area contributed by atoms with Gasteiger partial charge in [-0.3, -0.25) is 4.79 Å². The van der Waals surface area contributed by atoms with Crippen LogP contribution in [0.5, 0.6) is 5.75 Å². The van der Waals surface area contributed by atoms with Crippen molar-refractivity contribution in [1.82, 2.24) is 10.2 Å². The van der Waals surface area contributed by atoms with Gasteiger partial charge in [-0.05, 0) is 56.6 Å². The molecule has 1 fully saturated rings. The predicted octanol–water partition coefficient (Wildman–Crippen LogP) is 2.64. The molecule has 5 heteroatoms. The Bertz CT molecular complexity index is 462. The fourth-order valence-electron chi connectivity index (χ4n) is 2.83. The number of hydrogen-bond acceptors (Lipinski definition) is 4. The number of thioether (sulfide) groups is 1. The molecule has 4 nitrogen and oxygen atoms in total. The van der Waals surface area contributed by atoms with Crippen molar-refractivity contribution in [3.8, 4) is 5.75 Å². The first-order chi connectivity index (χ1) is 10.7. The summed E-state index contributed by atoms with van der Waals surface area (Å²) in [4.78, 5) is 15.5. The molecule has 1 unspecified atom stereocenters. The van der Waals surface area contributed by atoms with Crippen LogP contribution in [-0.4, -0.2) is 50.4 Å². The van der Waals surface area contributed by atoms with Crippen LogP contribution >= 0.6 is 11.8 Å². The minimum Gasteiger partial charge on any atom is -0.497 e. The van der Waals surface area contributed by atoms with E-state index >= 15 is 0 Å². The quantitative estimate of drug-likeness (QED) is 0.784. The number of nitrogens with one attached hydrogen (secondary N) is 1. The summed E-state index contributed by atoms with van der Waals surface area (Å²) in [6.07, 6.45) is 2.97. The second-order valence-corrected chi connectivity index (χ2v) is 6.85. The monoisotopic (exact) mass is 322 g/mol. The molecule has 122 valence electrons. The van der Waals surface area contributed by atoms with Crippen molar-refractivity contribution >= 4 is 17.7 Å². The van der Waals surface area contributed by atoms with Crippen LogP contribution in [0.4, 0.5) is 0 Å². The molecule has 0 aromatic heterocycles. The van der Waals surface area contributed by atoms with Crippen molar-refractivity contribution < 1.29 is 9.53 Å². The lowest BCUT2D eigenvalue weighted by molar-refractivity contribution is -0.132. The van der Waals surface area contributed by atoms with E-state index in [9.17, 15) is 4.79 Å². The van der Waals surface area contributed by atoms with E-state index in [0.717, 1.165) is 37.6 Å². The van der Waals surface area contributed by atoms with E-state index < -0.39 is 0 Å². The SMILES string of the molecule is CNCC1CCCN(C(=O)CCSc2ccc(OC)cc2)C1. The van der Waals surface area contributed by atoms with Crippen LogP contribution in [0, 0.1) is 5.92 Å². The Labute approximate surface area is 137 Å². The summed E-state index contributed by atoms with van der Waals surface area (Å²) < 4.78 is 5.15. The molecule has 1 N–H and O–H groups in total. The lowest BCUT2D eigenvalue weighted by Gasteiger charge is -2.32. The zero-order valence-corrected chi connectivity index (χ0v) is 14.3. The molecule has 0 bridgehead atoms. The van der Waals surface area contributed by atoms with Crippen molar-refractivity contribution in [2.24, 2.45) is 5.92 Å². The number of carbonyl (C=O) groups excluding carboxylic acids is 1. The second-order valence-electron chi connectivity index (χ2n) is 5.68. The number of rotatable bonds is 7. The first-order valence-electron chi connectivity index (χ1n) is 7.92. The second kappa shape index (κ2) is 9.06. The van der Waals surface area contributed by atoms with Crippen molar-refractivity contribution in [2.75, 3.05) is 39.5 Å². The Balaban J connectivity index is 1.72. The largest absolute Gasteiger partial charge is 0.497 e. The molecular formula is C17H26N2O2S. The molecule has 0 radical (unpaired) electrons. The molecule has 0 aliphatic carbocycles. The summed E-state index contributed by atoms with van der Waals surface area (Å²) >= 11 is 1.73. The maximum absolute atomic E-state index is 12.3. The molecule has 1 aliphatic heterocycles. The van der Waals surface area contributed by atoms with E-state index in [-0.39, 0.29) is 0 Å². The highest BCUT2D eigenvalue weighted by molar-refractivity contribution is 7.99. The summed E-state index contributed by atoms with van der Waals surface area (Å²) in [7, 11) is 3.65. The molecule has 0 saturated carbocycles. The highest BCUT2D eigenvalue weighted by atomic mass is 32.2. The fourth-order valence-corrected chi connectivity index (χ4v) is 3.67. The van der Waals surface area contributed by atoms with Crippen LogP contribution in [0.2, 0.25) is 0 Å². The highest BCUT2D eigenvalue weighted by Gasteiger charge is 2.22. The molecule has 1 aromatic rings. The molecular weight excluding hydrogens is 296 g/mol. The zero-order valence-electron chi connectivity index (χ0n) is 13.5. The number of ether oxygens (including phenoxy) is 1. The van der Waals surface area contributed by atoms with Gasteiger partial charge >= 0.3 is 0 Å². The molecule has 2 rings (SSSR count). The van der Waals surface area contributed by atoms with Gasteiger partial charge in [0.15, 0.2) is 0 Å². The van der Waals surface area contributed by atoms with E-state index in [1.165, 1.54) is 11.3 Å². The number of nitrogens with zero attached hydrogens (tertiary/aromatic N) is 1. The summed E-state index contributed by atoms with van der Waals surface area (Å²) in [5, 5.41) is 3.22. The van der Waals surface area contributed by atoms with Gasteiger partial charge in [-0.15, -0.1) is 11.8 Å². The van der Waals surface area contributed by atoms with E-state index in [2.05, 4.69) is 5.32 Å². The molecule has 22 heavy (non-hydrogen) atoms. The third kappa shape index (κ3) is 5.21. The number of benzene rings is 1. The molecule has 1 aliphatic rings. The number of carbonyl (C=O) groups is 1. The average molecular weight is 322 g/mol. The van der Waals surface area contributed by atoms with E-state index in [1.54, 1.807) is 18.9 Å². The molecule has 1 amide bonds. The molecule has 1 aromatic carbocycles. The van der Waals surface area contributed by atoms with Gasteiger partial charge in [0.25, 0.3) is 0 Å². The van der Waals surface area contributed by atoms with Crippen LogP contribution in [0.25, 0.3) is 0 Å². The van der Waals surface area contributed by atoms with Crippen molar-refractivity contribution in [3.63, 3.8) is 0 Å².